The molecule has 3 N–H and O–H groups in total. The molecule has 2 rings (SSSR count). The molecule has 0 heterocycles. The van der Waals surface area contributed by atoms with E-state index in [2.05, 4.69) is 5.32 Å². The van der Waals surface area contributed by atoms with Crippen LogP contribution in [0.4, 0.5) is 5.69 Å². The summed E-state index contributed by atoms with van der Waals surface area (Å²) in [5.74, 6) is -0.621. The van der Waals surface area contributed by atoms with E-state index in [0.29, 0.717) is 16.8 Å². The molecule has 0 saturated heterocycles. The quantitative estimate of drug-likeness (QED) is 0.657. The summed E-state index contributed by atoms with van der Waals surface area (Å²) < 4.78 is 0. The van der Waals surface area contributed by atoms with Crippen LogP contribution in [-0.4, -0.2) is 11.7 Å². The number of ketones is 1. The fraction of sp³-hybridized carbons (Fsp3) is 0.111. The molecule has 4 nitrogen and oxygen atoms in total. The summed E-state index contributed by atoms with van der Waals surface area (Å²) in [6.45, 7) is 3.97. The third-order valence-corrected chi connectivity index (χ3v) is 3.46. The van der Waals surface area contributed by atoms with Gasteiger partial charge >= 0.3 is 0 Å². The van der Waals surface area contributed by atoms with Crippen molar-refractivity contribution in [1.82, 2.24) is 0 Å². The maximum absolute atomic E-state index is 12.1. The lowest BCUT2D eigenvalue weighted by molar-refractivity contribution is 0.0999. The number of carbonyl (C=O) groups excluding carboxylic acids is 2. The van der Waals surface area contributed by atoms with Crippen LogP contribution in [0.2, 0.25) is 0 Å². The highest BCUT2D eigenvalue weighted by Gasteiger charge is 2.06. The maximum atomic E-state index is 12.1. The molecule has 2 aromatic carbocycles. The van der Waals surface area contributed by atoms with Crippen LogP contribution in [0.25, 0.3) is 0 Å². The Morgan fingerprint density at radius 2 is 1.77 bits per heavy atom. The van der Waals surface area contributed by atoms with Crippen LogP contribution in [0.15, 0.2) is 54.7 Å². The first-order chi connectivity index (χ1) is 10.5. The van der Waals surface area contributed by atoms with Crippen LogP contribution in [0, 0.1) is 13.8 Å². The third kappa shape index (κ3) is 3.61. The first-order valence-electron chi connectivity index (χ1n) is 6.92. The van der Waals surface area contributed by atoms with Crippen molar-refractivity contribution in [2.45, 2.75) is 13.8 Å². The molecule has 0 aliphatic carbocycles. The zero-order valence-electron chi connectivity index (χ0n) is 12.6. The van der Waals surface area contributed by atoms with Gasteiger partial charge in [0, 0.05) is 17.8 Å². The average molecular weight is 294 g/mol. The van der Waals surface area contributed by atoms with Gasteiger partial charge in [0.25, 0.3) is 5.91 Å². The Balaban J connectivity index is 2.11. The van der Waals surface area contributed by atoms with Crippen LogP contribution in [0.1, 0.15) is 31.8 Å². The van der Waals surface area contributed by atoms with E-state index in [9.17, 15) is 9.59 Å². The summed E-state index contributed by atoms with van der Waals surface area (Å²) in [5, 5.41) is 2.92. The van der Waals surface area contributed by atoms with E-state index in [-0.39, 0.29) is 5.78 Å². The number of allylic oxidation sites excluding steroid dienone is 1. The summed E-state index contributed by atoms with van der Waals surface area (Å²) in [7, 11) is 0. The summed E-state index contributed by atoms with van der Waals surface area (Å²) >= 11 is 0. The van der Waals surface area contributed by atoms with Crippen LogP contribution in [-0.2, 0) is 0 Å². The SMILES string of the molecule is Cc1ccc(C(=O)/C=C/Nc2ccccc2C(N)=O)cc1C. The van der Waals surface area contributed by atoms with Gasteiger partial charge in [-0.15, -0.1) is 0 Å². The highest BCUT2D eigenvalue weighted by Crippen LogP contribution is 2.14. The Bertz CT molecular complexity index is 749. The van der Waals surface area contributed by atoms with Gasteiger partial charge in [0.2, 0.25) is 0 Å². The van der Waals surface area contributed by atoms with Crippen molar-refractivity contribution >= 4 is 17.4 Å². The Morgan fingerprint density at radius 1 is 1.05 bits per heavy atom. The van der Waals surface area contributed by atoms with Crippen LogP contribution >= 0.6 is 0 Å². The predicted octanol–water partition coefficient (Wildman–Crippen LogP) is 3.21. The molecule has 0 unspecified atom stereocenters. The molecular weight excluding hydrogens is 276 g/mol. The maximum Gasteiger partial charge on any atom is 0.250 e. The second kappa shape index (κ2) is 6.72. The highest BCUT2D eigenvalue weighted by molar-refractivity contribution is 6.05. The Kier molecular flexibility index (Phi) is 4.73. The Labute approximate surface area is 129 Å². The van der Waals surface area contributed by atoms with Gasteiger partial charge in [-0.2, -0.15) is 0 Å². The lowest BCUT2D eigenvalue weighted by atomic mass is 10.0. The summed E-state index contributed by atoms with van der Waals surface area (Å²) in [6.07, 6.45) is 2.95. The number of amides is 1. The lowest BCUT2D eigenvalue weighted by Gasteiger charge is -2.05. The minimum Gasteiger partial charge on any atom is -0.366 e. The molecular formula is C18H18N2O2. The first-order valence-corrected chi connectivity index (χ1v) is 6.92. The summed E-state index contributed by atoms with van der Waals surface area (Å²) in [6, 6.07) is 12.5. The topological polar surface area (TPSA) is 72.2 Å². The molecule has 0 bridgehead atoms. The average Bonchev–Trinajstić information content (AvgIpc) is 2.50. The van der Waals surface area contributed by atoms with Gasteiger partial charge in [0.1, 0.15) is 0 Å². The van der Waals surface area contributed by atoms with Gasteiger partial charge in [-0.3, -0.25) is 9.59 Å². The molecule has 0 aliphatic rings. The summed E-state index contributed by atoms with van der Waals surface area (Å²) in [4.78, 5) is 23.4. The van der Waals surface area contributed by atoms with E-state index < -0.39 is 5.91 Å². The summed E-state index contributed by atoms with van der Waals surface area (Å²) in [5.41, 5.74) is 9.10. The van der Waals surface area contributed by atoms with Crippen molar-refractivity contribution in [2.24, 2.45) is 5.73 Å². The van der Waals surface area contributed by atoms with E-state index in [0.717, 1.165) is 11.1 Å². The fourth-order valence-electron chi connectivity index (χ4n) is 2.02. The number of primary amides is 1. The van der Waals surface area contributed by atoms with Gasteiger partial charge in [-0.05, 0) is 43.2 Å². The molecule has 0 aromatic heterocycles. The molecule has 112 valence electrons. The highest BCUT2D eigenvalue weighted by atomic mass is 16.1. The number of hydrogen-bond donors (Lipinski definition) is 2. The predicted molar refractivity (Wildman–Crippen MR) is 88.0 cm³/mol. The lowest BCUT2D eigenvalue weighted by Crippen LogP contribution is -2.13. The molecule has 0 radical (unpaired) electrons. The zero-order valence-corrected chi connectivity index (χ0v) is 12.6. The third-order valence-electron chi connectivity index (χ3n) is 3.46. The number of para-hydroxylation sites is 1. The number of anilines is 1. The number of rotatable bonds is 5. The van der Waals surface area contributed by atoms with E-state index in [1.54, 1.807) is 30.3 Å². The Hall–Kier alpha value is -2.88. The van der Waals surface area contributed by atoms with Crippen LogP contribution in [0.5, 0.6) is 0 Å². The number of nitrogens with two attached hydrogens (primary N) is 1. The molecule has 2 aromatic rings. The number of aryl methyl sites for hydroxylation is 2. The minimum absolute atomic E-state index is 0.104. The van der Waals surface area contributed by atoms with Crippen molar-refractivity contribution in [2.75, 3.05) is 5.32 Å². The number of nitrogens with one attached hydrogen (secondary N) is 1. The van der Waals surface area contributed by atoms with E-state index in [1.165, 1.54) is 12.3 Å². The first kappa shape index (κ1) is 15.5. The minimum atomic E-state index is -0.517. The monoisotopic (exact) mass is 294 g/mol. The molecule has 0 saturated carbocycles. The van der Waals surface area contributed by atoms with E-state index in [4.69, 9.17) is 5.73 Å². The van der Waals surface area contributed by atoms with Crippen molar-refractivity contribution in [1.29, 1.82) is 0 Å². The molecule has 0 atom stereocenters. The smallest absolute Gasteiger partial charge is 0.250 e. The molecule has 0 fully saturated rings. The molecule has 0 spiro atoms. The van der Waals surface area contributed by atoms with Crippen LogP contribution < -0.4 is 11.1 Å². The van der Waals surface area contributed by atoms with Gasteiger partial charge in [-0.1, -0.05) is 24.3 Å². The number of hydrogen-bond acceptors (Lipinski definition) is 3. The number of carbonyl (C=O) groups is 2. The fourth-order valence-corrected chi connectivity index (χ4v) is 2.02. The number of benzene rings is 2. The normalized spacial score (nSPS) is 10.6. The second-order valence-electron chi connectivity index (χ2n) is 5.05. The molecule has 0 aliphatic heterocycles. The van der Waals surface area contributed by atoms with E-state index >= 15 is 0 Å². The Morgan fingerprint density at radius 3 is 2.45 bits per heavy atom. The standard InChI is InChI=1S/C18H18N2O2/c1-12-7-8-14(11-13(12)2)17(21)9-10-20-16-6-4-3-5-15(16)18(19)22/h3-11,20H,1-2H3,(H2,19,22)/b10-9+. The molecule has 4 heteroatoms. The molecule has 1 amide bonds. The van der Waals surface area contributed by atoms with Crippen LogP contribution in [0.3, 0.4) is 0 Å². The van der Waals surface area contributed by atoms with E-state index in [1.807, 2.05) is 26.0 Å². The van der Waals surface area contributed by atoms with Crippen molar-refractivity contribution in [3.8, 4) is 0 Å². The molecule has 22 heavy (non-hydrogen) atoms. The van der Waals surface area contributed by atoms with Gasteiger partial charge in [-0.25, -0.2) is 0 Å². The van der Waals surface area contributed by atoms with Gasteiger partial charge in [0.15, 0.2) is 5.78 Å². The van der Waals surface area contributed by atoms with Gasteiger partial charge < -0.3 is 11.1 Å². The zero-order chi connectivity index (χ0) is 16.1. The van der Waals surface area contributed by atoms with Crippen molar-refractivity contribution < 1.29 is 9.59 Å². The van der Waals surface area contributed by atoms with Gasteiger partial charge in [0.05, 0.1) is 11.3 Å². The largest absolute Gasteiger partial charge is 0.366 e. The van der Waals surface area contributed by atoms with Crippen molar-refractivity contribution in [3.05, 3.63) is 77.0 Å². The van der Waals surface area contributed by atoms with Crippen molar-refractivity contribution in [3.63, 3.8) is 0 Å². The second-order valence-corrected chi connectivity index (χ2v) is 5.05.